The Morgan fingerprint density at radius 1 is 1.28 bits per heavy atom. The number of aliphatic hydroxyl groups excluding tert-OH is 1. The van der Waals surface area contributed by atoms with Gasteiger partial charge >= 0.3 is 0 Å². The summed E-state index contributed by atoms with van der Waals surface area (Å²) in [7, 11) is 0. The highest BCUT2D eigenvalue weighted by Crippen LogP contribution is 2.37. The van der Waals surface area contributed by atoms with Crippen LogP contribution in [0.15, 0.2) is 4.52 Å². The molecule has 100 valence electrons. The van der Waals surface area contributed by atoms with E-state index in [4.69, 9.17) is 9.26 Å². The van der Waals surface area contributed by atoms with E-state index >= 15 is 0 Å². The fraction of sp³-hybridized carbons (Fsp3) is 0.846. The van der Waals surface area contributed by atoms with Gasteiger partial charge in [-0.15, -0.1) is 0 Å². The van der Waals surface area contributed by atoms with Crippen LogP contribution in [0.4, 0.5) is 0 Å². The Bertz CT molecular complexity index is 412. The zero-order valence-electron chi connectivity index (χ0n) is 10.8. The van der Waals surface area contributed by atoms with Crippen LogP contribution in [-0.2, 0) is 10.3 Å². The van der Waals surface area contributed by atoms with E-state index in [1.54, 1.807) is 0 Å². The molecule has 5 heteroatoms. The van der Waals surface area contributed by atoms with Crippen molar-refractivity contribution in [2.45, 2.75) is 63.1 Å². The molecule has 0 amide bonds. The maximum Gasteiger partial charge on any atom is 0.232 e. The Hall–Kier alpha value is -0.940. The molecule has 1 aliphatic carbocycles. The van der Waals surface area contributed by atoms with Gasteiger partial charge in [0, 0.05) is 6.61 Å². The molecule has 1 saturated heterocycles. The molecule has 5 nitrogen and oxygen atoms in total. The minimum atomic E-state index is -0.413. The van der Waals surface area contributed by atoms with Crippen LogP contribution in [0.1, 0.15) is 63.1 Å². The summed E-state index contributed by atoms with van der Waals surface area (Å²) in [4.78, 5) is 4.48. The molecule has 2 aliphatic rings. The highest BCUT2D eigenvalue weighted by molar-refractivity contribution is 5.05. The summed E-state index contributed by atoms with van der Waals surface area (Å²) in [5, 5.41) is 13.9. The zero-order chi connectivity index (χ0) is 12.6. The first kappa shape index (κ1) is 12.1. The number of rotatable bonds is 2. The third-order valence-electron chi connectivity index (χ3n) is 4.18. The molecule has 0 radical (unpaired) electrons. The number of aromatic nitrogens is 2. The predicted molar refractivity (Wildman–Crippen MR) is 64.1 cm³/mol. The number of nitrogens with zero attached hydrogens (tertiary/aromatic N) is 2. The highest BCUT2D eigenvalue weighted by Gasteiger charge is 2.37. The van der Waals surface area contributed by atoms with Gasteiger partial charge in [0.1, 0.15) is 5.60 Å². The fourth-order valence-electron chi connectivity index (χ4n) is 2.94. The van der Waals surface area contributed by atoms with E-state index < -0.39 is 5.60 Å². The van der Waals surface area contributed by atoms with Crippen LogP contribution in [0.25, 0.3) is 0 Å². The summed E-state index contributed by atoms with van der Waals surface area (Å²) in [5.41, 5.74) is -0.413. The van der Waals surface area contributed by atoms with Gasteiger partial charge in [0.2, 0.25) is 11.7 Å². The fourth-order valence-corrected chi connectivity index (χ4v) is 2.94. The molecule has 3 atom stereocenters. The number of hydrogen-bond acceptors (Lipinski definition) is 5. The second-order valence-electron chi connectivity index (χ2n) is 5.60. The lowest BCUT2D eigenvalue weighted by Crippen LogP contribution is -2.31. The molecular formula is C13H20N2O3. The quantitative estimate of drug-likeness (QED) is 0.873. The first-order chi connectivity index (χ1) is 8.69. The molecule has 0 bridgehead atoms. The molecule has 1 N–H and O–H groups in total. The Labute approximate surface area is 107 Å². The number of hydrogen-bond donors (Lipinski definition) is 1. The van der Waals surface area contributed by atoms with Crippen molar-refractivity contribution in [3.05, 3.63) is 11.7 Å². The second kappa shape index (κ2) is 4.63. The summed E-state index contributed by atoms with van der Waals surface area (Å²) in [6.45, 7) is 2.78. The molecule has 2 heterocycles. The van der Waals surface area contributed by atoms with Crippen LogP contribution in [-0.4, -0.2) is 28.0 Å². The van der Waals surface area contributed by atoms with Gasteiger partial charge in [-0.2, -0.15) is 4.98 Å². The maximum absolute atomic E-state index is 9.87. The summed E-state index contributed by atoms with van der Waals surface area (Å²) in [6.07, 6.45) is 5.61. The van der Waals surface area contributed by atoms with Crippen LogP contribution < -0.4 is 0 Å². The summed E-state index contributed by atoms with van der Waals surface area (Å²) >= 11 is 0. The van der Waals surface area contributed by atoms with E-state index in [9.17, 15) is 5.11 Å². The Morgan fingerprint density at radius 3 is 2.83 bits per heavy atom. The van der Waals surface area contributed by atoms with Gasteiger partial charge in [0.25, 0.3) is 0 Å². The molecule has 1 aliphatic heterocycles. The number of aliphatic hydroxyl groups is 1. The molecule has 2 fully saturated rings. The third kappa shape index (κ3) is 2.06. The largest absolute Gasteiger partial charge is 0.392 e. The van der Waals surface area contributed by atoms with Gasteiger partial charge in [-0.05, 0) is 45.4 Å². The summed E-state index contributed by atoms with van der Waals surface area (Å²) in [5.74, 6) is 1.22. The lowest BCUT2D eigenvalue weighted by molar-refractivity contribution is -0.0770. The van der Waals surface area contributed by atoms with E-state index in [-0.39, 0.29) is 12.0 Å². The van der Waals surface area contributed by atoms with Crippen molar-refractivity contribution in [3.8, 4) is 0 Å². The number of ether oxygens (including phenoxy) is 1. The van der Waals surface area contributed by atoms with Crippen LogP contribution in [0.2, 0.25) is 0 Å². The highest BCUT2D eigenvalue weighted by atomic mass is 16.5. The molecule has 3 rings (SSSR count). The van der Waals surface area contributed by atoms with Crippen molar-refractivity contribution in [1.82, 2.24) is 10.1 Å². The van der Waals surface area contributed by atoms with Crippen LogP contribution >= 0.6 is 0 Å². The minimum absolute atomic E-state index is 0.0124. The molecule has 0 spiro atoms. The Morgan fingerprint density at radius 2 is 2.17 bits per heavy atom. The van der Waals surface area contributed by atoms with Gasteiger partial charge in [-0.1, -0.05) is 5.16 Å². The van der Waals surface area contributed by atoms with Crippen molar-refractivity contribution in [2.24, 2.45) is 0 Å². The van der Waals surface area contributed by atoms with E-state index in [1.165, 1.54) is 0 Å². The molecule has 18 heavy (non-hydrogen) atoms. The average Bonchev–Trinajstić information content (AvgIpc) is 2.98. The molecule has 1 saturated carbocycles. The van der Waals surface area contributed by atoms with Gasteiger partial charge in [-0.25, -0.2) is 0 Å². The third-order valence-corrected chi connectivity index (χ3v) is 4.18. The Kier molecular flexibility index (Phi) is 3.11. The van der Waals surface area contributed by atoms with Crippen molar-refractivity contribution in [3.63, 3.8) is 0 Å². The van der Waals surface area contributed by atoms with Gasteiger partial charge < -0.3 is 14.4 Å². The van der Waals surface area contributed by atoms with Crippen LogP contribution in [0.3, 0.4) is 0 Å². The molecule has 1 aromatic heterocycles. The van der Waals surface area contributed by atoms with Gasteiger partial charge in [0.15, 0.2) is 0 Å². The summed E-state index contributed by atoms with van der Waals surface area (Å²) in [6, 6.07) is 0. The SMILES string of the molecule is CC1(c2noc(C3CCCC3O)n2)CCCCO1. The Balaban J connectivity index is 1.80. The van der Waals surface area contributed by atoms with E-state index in [0.29, 0.717) is 11.7 Å². The van der Waals surface area contributed by atoms with E-state index in [1.807, 2.05) is 6.92 Å². The van der Waals surface area contributed by atoms with E-state index in [2.05, 4.69) is 10.1 Å². The van der Waals surface area contributed by atoms with Crippen molar-refractivity contribution in [2.75, 3.05) is 6.61 Å². The van der Waals surface area contributed by atoms with Crippen LogP contribution in [0.5, 0.6) is 0 Å². The van der Waals surface area contributed by atoms with Crippen molar-refractivity contribution >= 4 is 0 Å². The van der Waals surface area contributed by atoms with Gasteiger partial charge in [0.05, 0.1) is 12.0 Å². The van der Waals surface area contributed by atoms with Crippen LogP contribution in [0, 0.1) is 0 Å². The minimum Gasteiger partial charge on any atom is -0.392 e. The van der Waals surface area contributed by atoms with E-state index in [0.717, 1.165) is 45.1 Å². The molecule has 0 aromatic carbocycles. The maximum atomic E-state index is 9.87. The topological polar surface area (TPSA) is 68.4 Å². The standard InChI is InChI=1S/C13H20N2O3/c1-13(7-2-3-8-17-13)12-14-11(18-15-12)9-5-4-6-10(9)16/h9-10,16H,2-8H2,1H3. The summed E-state index contributed by atoms with van der Waals surface area (Å²) < 4.78 is 11.1. The predicted octanol–water partition coefficient (Wildman–Crippen LogP) is 2.11. The second-order valence-corrected chi connectivity index (χ2v) is 5.60. The monoisotopic (exact) mass is 252 g/mol. The smallest absolute Gasteiger partial charge is 0.232 e. The first-order valence-electron chi connectivity index (χ1n) is 6.85. The lowest BCUT2D eigenvalue weighted by atomic mass is 9.95. The van der Waals surface area contributed by atoms with Crippen molar-refractivity contribution in [1.29, 1.82) is 0 Å². The van der Waals surface area contributed by atoms with Gasteiger partial charge in [-0.3, -0.25) is 0 Å². The molecule has 3 unspecified atom stereocenters. The van der Waals surface area contributed by atoms with Crippen molar-refractivity contribution < 1.29 is 14.4 Å². The normalized spacial score (nSPS) is 37.0. The molecule has 1 aromatic rings. The zero-order valence-corrected chi connectivity index (χ0v) is 10.8. The lowest BCUT2D eigenvalue weighted by Gasteiger charge is -2.30. The molecular weight excluding hydrogens is 232 g/mol. The average molecular weight is 252 g/mol. The first-order valence-corrected chi connectivity index (χ1v) is 6.85.